The van der Waals surface area contributed by atoms with Crippen LogP contribution in [0.4, 0.5) is 0 Å². The number of nitrogens with zero attached hydrogens (tertiary/aromatic N) is 1. The summed E-state index contributed by atoms with van der Waals surface area (Å²) in [5.74, 6) is 0. The molecule has 0 aliphatic heterocycles. The maximum absolute atomic E-state index is 11.3. The van der Waals surface area contributed by atoms with Crippen LogP contribution in [0.2, 0.25) is 0 Å². The van der Waals surface area contributed by atoms with Crippen molar-refractivity contribution in [2.75, 3.05) is 7.11 Å². The van der Waals surface area contributed by atoms with Gasteiger partial charge < -0.3 is 9.84 Å². The van der Waals surface area contributed by atoms with Gasteiger partial charge in [0.05, 0.1) is 12.3 Å². The average molecular weight is 286 g/mol. The Morgan fingerprint density at radius 3 is 2.50 bits per heavy atom. The molecule has 16 heavy (non-hydrogen) atoms. The summed E-state index contributed by atoms with van der Waals surface area (Å²) in [6, 6.07) is 0. The second-order valence-corrected chi connectivity index (χ2v) is 7.44. The van der Waals surface area contributed by atoms with E-state index in [0.29, 0.717) is 5.01 Å². The number of halogens is 1. The highest BCUT2D eigenvalue weighted by molar-refractivity contribution is 8.15. The molecule has 1 aromatic rings. The van der Waals surface area contributed by atoms with Crippen molar-refractivity contribution in [2.24, 2.45) is 0 Å². The van der Waals surface area contributed by atoms with E-state index in [1.54, 1.807) is 0 Å². The number of methoxy groups -OCH3 is 1. The Kier molecular flexibility index (Phi) is 3.96. The quantitative estimate of drug-likeness (QED) is 0.847. The predicted molar refractivity (Wildman–Crippen MR) is 61.1 cm³/mol. The summed E-state index contributed by atoms with van der Waals surface area (Å²) < 4.78 is 27.3. The third-order valence-corrected chi connectivity index (χ3v) is 5.22. The Balaban J connectivity index is 3.32. The van der Waals surface area contributed by atoms with E-state index in [0.717, 1.165) is 11.3 Å². The van der Waals surface area contributed by atoms with Crippen LogP contribution in [0.25, 0.3) is 0 Å². The lowest BCUT2D eigenvalue weighted by atomic mass is 10.2. The summed E-state index contributed by atoms with van der Waals surface area (Å²) in [6.45, 7) is 3.08. The van der Waals surface area contributed by atoms with Gasteiger partial charge >= 0.3 is 0 Å². The van der Waals surface area contributed by atoms with E-state index >= 15 is 0 Å². The van der Waals surface area contributed by atoms with Crippen molar-refractivity contribution in [2.45, 2.75) is 30.3 Å². The van der Waals surface area contributed by atoms with E-state index in [9.17, 15) is 13.5 Å². The fourth-order valence-electron chi connectivity index (χ4n) is 1.02. The lowest BCUT2D eigenvalue weighted by Crippen LogP contribution is -2.15. The Morgan fingerprint density at radius 2 is 2.12 bits per heavy atom. The third-order valence-electron chi connectivity index (χ3n) is 1.69. The largest absolute Gasteiger partial charge is 0.383 e. The Labute approximate surface area is 102 Å². The highest BCUT2D eigenvalue weighted by Crippen LogP contribution is 2.33. The van der Waals surface area contributed by atoms with E-state index in [1.807, 2.05) is 0 Å². The molecule has 0 amide bonds. The van der Waals surface area contributed by atoms with Crippen molar-refractivity contribution in [1.82, 2.24) is 4.98 Å². The molecular formula is C8H12ClNO4S2. The number of aromatic nitrogens is 1. The summed E-state index contributed by atoms with van der Waals surface area (Å²) in [7, 11) is 2.83. The molecule has 1 rings (SSSR count). The zero-order valence-electron chi connectivity index (χ0n) is 9.02. The maximum atomic E-state index is 11.3. The van der Waals surface area contributed by atoms with Gasteiger partial charge in [-0.05, 0) is 13.8 Å². The zero-order chi connectivity index (χ0) is 12.6. The first-order chi connectivity index (χ1) is 7.16. The summed E-state index contributed by atoms with van der Waals surface area (Å²) in [5, 5.41) is 10.0. The van der Waals surface area contributed by atoms with Crippen LogP contribution in [0.15, 0.2) is 4.21 Å². The van der Waals surface area contributed by atoms with Crippen molar-refractivity contribution >= 4 is 31.1 Å². The minimum atomic E-state index is -3.86. The SMILES string of the molecule is COCc1nc(C(C)(C)O)sc1S(=O)(=O)Cl. The molecule has 0 aromatic carbocycles. The van der Waals surface area contributed by atoms with Gasteiger partial charge in [0.2, 0.25) is 0 Å². The van der Waals surface area contributed by atoms with Gasteiger partial charge in [-0.25, -0.2) is 13.4 Å². The maximum Gasteiger partial charge on any atom is 0.272 e. The minimum Gasteiger partial charge on any atom is -0.383 e. The van der Waals surface area contributed by atoms with Crippen molar-refractivity contribution in [3.63, 3.8) is 0 Å². The molecule has 0 fully saturated rings. The van der Waals surface area contributed by atoms with Crippen LogP contribution in [0.1, 0.15) is 24.5 Å². The van der Waals surface area contributed by atoms with Crippen LogP contribution in [0.5, 0.6) is 0 Å². The van der Waals surface area contributed by atoms with Crippen LogP contribution < -0.4 is 0 Å². The number of hydrogen-bond donors (Lipinski definition) is 1. The van der Waals surface area contributed by atoms with Gasteiger partial charge in [0.15, 0.2) is 4.21 Å². The fourth-order valence-corrected chi connectivity index (χ4v) is 3.39. The van der Waals surface area contributed by atoms with Crippen molar-refractivity contribution < 1.29 is 18.3 Å². The van der Waals surface area contributed by atoms with Crippen LogP contribution >= 0.6 is 22.0 Å². The van der Waals surface area contributed by atoms with E-state index in [2.05, 4.69) is 4.98 Å². The first-order valence-electron chi connectivity index (χ1n) is 4.32. The average Bonchev–Trinajstić information content (AvgIpc) is 2.46. The van der Waals surface area contributed by atoms with Crippen LogP contribution in [-0.2, 0) is 26.0 Å². The summed E-state index contributed by atoms with van der Waals surface area (Å²) in [4.78, 5) is 4.02. The minimum absolute atomic E-state index is 0.0356. The fraction of sp³-hybridized carbons (Fsp3) is 0.625. The second kappa shape index (κ2) is 4.58. The van der Waals surface area contributed by atoms with Crippen LogP contribution in [0, 0.1) is 0 Å². The first kappa shape index (κ1) is 13.9. The smallest absolute Gasteiger partial charge is 0.272 e. The lowest BCUT2D eigenvalue weighted by molar-refractivity contribution is 0.0776. The molecule has 0 aliphatic carbocycles. The van der Waals surface area contributed by atoms with Gasteiger partial charge in [-0.15, -0.1) is 11.3 Å². The molecule has 92 valence electrons. The summed E-state index contributed by atoms with van der Waals surface area (Å²) >= 11 is 0.852. The molecule has 0 saturated carbocycles. The zero-order valence-corrected chi connectivity index (χ0v) is 11.4. The monoisotopic (exact) mass is 285 g/mol. The molecule has 5 nitrogen and oxygen atoms in total. The van der Waals surface area contributed by atoms with Crippen molar-refractivity contribution in [3.05, 3.63) is 10.7 Å². The summed E-state index contributed by atoms with van der Waals surface area (Å²) in [5.41, 5.74) is -0.980. The number of rotatable bonds is 4. The number of thiazole rings is 1. The van der Waals surface area contributed by atoms with Crippen molar-refractivity contribution in [3.8, 4) is 0 Å². The molecule has 1 aromatic heterocycles. The van der Waals surface area contributed by atoms with E-state index in [-0.39, 0.29) is 16.5 Å². The molecule has 0 unspecified atom stereocenters. The lowest BCUT2D eigenvalue weighted by Gasteiger charge is -2.12. The van der Waals surface area contributed by atoms with Crippen molar-refractivity contribution in [1.29, 1.82) is 0 Å². The predicted octanol–water partition coefficient (Wildman–Crippen LogP) is 1.44. The van der Waals surface area contributed by atoms with Gasteiger partial charge in [0.1, 0.15) is 10.6 Å². The number of aliphatic hydroxyl groups is 1. The van der Waals surface area contributed by atoms with E-state index < -0.39 is 14.7 Å². The Hall–Kier alpha value is -0.210. The van der Waals surface area contributed by atoms with Gasteiger partial charge in [0, 0.05) is 17.8 Å². The van der Waals surface area contributed by atoms with E-state index in [1.165, 1.54) is 21.0 Å². The third kappa shape index (κ3) is 3.14. The molecule has 0 bridgehead atoms. The topological polar surface area (TPSA) is 76.5 Å². The van der Waals surface area contributed by atoms with Gasteiger partial charge in [0.25, 0.3) is 9.05 Å². The van der Waals surface area contributed by atoms with Gasteiger partial charge in [-0.1, -0.05) is 0 Å². The first-order valence-corrected chi connectivity index (χ1v) is 7.45. The summed E-state index contributed by atoms with van der Waals surface area (Å²) in [6.07, 6.45) is 0. The highest BCUT2D eigenvalue weighted by atomic mass is 35.7. The molecule has 1 heterocycles. The van der Waals surface area contributed by atoms with Gasteiger partial charge in [-0.2, -0.15) is 0 Å². The molecule has 0 aliphatic rings. The molecular weight excluding hydrogens is 274 g/mol. The molecule has 8 heteroatoms. The Morgan fingerprint density at radius 1 is 1.56 bits per heavy atom. The number of hydrogen-bond acceptors (Lipinski definition) is 6. The standard InChI is InChI=1S/C8H12ClNO4S2/c1-8(2,11)7-10-5(4-14-3)6(15-7)16(9,12)13/h11H,4H2,1-3H3. The highest BCUT2D eigenvalue weighted by Gasteiger charge is 2.28. The molecule has 0 spiro atoms. The molecule has 0 atom stereocenters. The number of ether oxygens (including phenoxy) is 1. The molecule has 1 N–H and O–H groups in total. The Bertz CT molecular complexity index is 475. The molecule has 0 radical (unpaired) electrons. The van der Waals surface area contributed by atoms with Gasteiger partial charge in [-0.3, -0.25) is 0 Å². The normalized spacial score (nSPS) is 13.1. The molecule has 0 saturated heterocycles. The van der Waals surface area contributed by atoms with E-state index in [4.69, 9.17) is 15.4 Å². The van der Waals surface area contributed by atoms with Crippen LogP contribution in [0.3, 0.4) is 0 Å². The second-order valence-electron chi connectivity index (χ2n) is 3.68. The van der Waals surface area contributed by atoms with Crippen LogP contribution in [-0.4, -0.2) is 25.6 Å².